The van der Waals surface area contributed by atoms with Gasteiger partial charge in [0.25, 0.3) is 0 Å². The molecular formula is C11H18N2O2S2. The number of hydrogen-bond acceptors (Lipinski definition) is 4. The Balaban J connectivity index is 3.04. The van der Waals surface area contributed by atoms with Gasteiger partial charge in [0.1, 0.15) is 4.90 Å². The fourth-order valence-electron chi connectivity index (χ4n) is 1.41. The maximum absolute atomic E-state index is 12.3. The van der Waals surface area contributed by atoms with E-state index < -0.39 is 10.0 Å². The molecule has 0 aliphatic rings. The van der Waals surface area contributed by atoms with Crippen LogP contribution in [0.25, 0.3) is 0 Å². The third-order valence-corrected chi connectivity index (χ3v) is 4.96. The van der Waals surface area contributed by atoms with Crippen LogP contribution in [0.15, 0.2) is 29.2 Å². The van der Waals surface area contributed by atoms with E-state index in [0.717, 1.165) is 5.75 Å². The molecule has 0 unspecified atom stereocenters. The Morgan fingerprint density at radius 3 is 2.59 bits per heavy atom. The van der Waals surface area contributed by atoms with Crippen molar-refractivity contribution < 1.29 is 8.42 Å². The van der Waals surface area contributed by atoms with E-state index in [4.69, 9.17) is 0 Å². The second-order valence-corrected chi connectivity index (χ2v) is 6.56. The number of sulfonamides is 1. The Morgan fingerprint density at radius 2 is 2.00 bits per heavy atom. The second kappa shape index (κ2) is 6.28. The molecule has 6 heteroatoms. The van der Waals surface area contributed by atoms with Crippen molar-refractivity contribution in [3.63, 3.8) is 0 Å². The van der Waals surface area contributed by atoms with Crippen LogP contribution in [0.3, 0.4) is 0 Å². The number of anilines is 1. The maximum Gasteiger partial charge on any atom is 0.244 e. The van der Waals surface area contributed by atoms with Gasteiger partial charge in [-0.25, -0.2) is 12.7 Å². The summed E-state index contributed by atoms with van der Waals surface area (Å²) >= 11 is 1.63. The molecule has 1 aromatic rings. The molecule has 0 bridgehead atoms. The second-order valence-electron chi connectivity index (χ2n) is 3.57. The molecule has 96 valence electrons. The molecule has 0 aliphatic carbocycles. The molecule has 1 aromatic carbocycles. The van der Waals surface area contributed by atoms with Gasteiger partial charge in [0.05, 0.1) is 5.69 Å². The molecule has 4 nitrogen and oxygen atoms in total. The summed E-state index contributed by atoms with van der Waals surface area (Å²) in [6.45, 7) is 0.515. The summed E-state index contributed by atoms with van der Waals surface area (Å²) in [5, 5.41) is 2.90. The van der Waals surface area contributed by atoms with E-state index in [1.807, 2.05) is 12.3 Å². The molecule has 0 amide bonds. The van der Waals surface area contributed by atoms with Gasteiger partial charge in [-0.05, 0) is 18.4 Å². The van der Waals surface area contributed by atoms with E-state index in [9.17, 15) is 8.42 Å². The Hall–Kier alpha value is -0.720. The molecule has 0 heterocycles. The van der Waals surface area contributed by atoms with Crippen molar-refractivity contribution in [3.05, 3.63) is 24.3 Å². The number of nitrogens with zero attached hydrogens (tertiary/aromatic N) is 1. The third kappa shape index (κ3) is 3.37. The highest BCUT2D eigenvalue weighted by Gasteiger charge is 2.22. The van der Waals surface area contributed by atoms with Crippen LogP contribution in [0.4, 0.5) is 5.69 Å². The van der Waals surface area contributed by atoms with E-state index in [0.29, 0.717) is 17.1 Å². The van der Waals surface area contributed by atoms with Gasteiger partial charge in [0.15, 0.2) is 0 Å². The summed E-state index contributed by atoms with van der Waals surface area (Å²) in [6.07, 6.45) is 1.96. The number of nitrogens with one attached hydrogen (secondary N) is 1. The lowest BCUT2D eigenvalue weighted by molar-refractivity contribution is 0.489. The van der Waals surface area contributed by atoms with Crippen LogP contribution in [0, 0.1) is 0 Å². The van der Waals surface area contributed by atoms with Gasteiger partial charge in [-0.15, -0.1) is 0 Å². The van der Waals surface area contributed by atoms with E-state index >= 15 is 0 Å². The zero-order valence-electron chi connectivity index (χ0n) is 10.3. The number of hydrogen-bond donors (Lipinski definition) is 1. The highest BCUT2D eigenvalue weighted by atomic mass is 32.2. The summed E-state index contributed by atoms with van der Waals surface area (Å²) in [7, 11) is -0.0689. The van der Waals surface area contributed by atoms with Crippen molar-refractivity contribution in [3.8, 4) is 0 Å². The van der Waals surface area contributed by atoms with E-state index in [2.05, 4.69) is 5.32 Å². The fraction of sp³-hybridized carbons (Fsp3) is 0.455. The quantitative estimate of drug-likeness (QED) is 0.858. The molecule has 1 N–H and O–H groups in total. The van der Waals surface area contributed by atoms with Gasteiger partial charge in [-0.1, -0.05) is 12.1 Å². The Morgan fingerprint density at radius 1 is 1.35 bits per heavy atom. The first-order valence-corrected chi connectivity index (χ1v) is 8.09. The van der Waals surface area contributed by atoms with Gasteiger partial charge in [-0.2, -0.15) is 11.8 Å². The van der Waals surface area contributed by atoms with Crippen LogP contribution in [-0.4, -0.2) is 45.4 Å². The first-order chi connectivity index (χ1) is 8.04. The summed E-state index contributed by atoms with van der Waals surface area (Å²) in [5.41, 5.74) is 0.628. The van der Waals surface area contributed by atoms with Crippen molar-refractivity contribution in [2.24, 2.45) is 0 Å². The molecule has 0 saturated carbocycles. The van der Waals surface area contributed by atoms with Crippen molar-refractivity contribution in [2.75, 3.05) is 38.0 Å². The Bertz CT molecular complexity index is 460. The number of thioether (sulfide) groups is 1. The average molecular weight is 274 g/mol. The lowest BCUT2D eigenvalue weighted by atomic mass is 10.3. The molecule has 0 spiro atoms. The zero-order chi connectivity index (χ0) is 12.9. The molecular weight excluding hydrogens is 256 g/mol. The van der Waals surface area contributed by atoms with Gasteiger partial charge in [-0.3, -0.25) is 0 Å². The van der Waals surface area contributed by atoms with Crippen LogP contribution < -0.4 is 5.32 Å². The smallest absolute Gasteiger partial charge is 0.244 e. The predicted molar refractivity (Wildman–Crippen MR) is 74.2 cm³/mol. The van der Waals surface area contributed by atoms with E-state index in [-0.39, 0.29) is 0 Å². The fourth-order valence-corrected chi connectivity index (χ4v) is 3.34. The molecule has 0 fully saturated rings. The maximum atomic E-state index is 12.3. The SMILES string of the molecule is CNc1ccccc1S(=O)(=O)N(C)CCSC. The summed E-state index contributed by atoms with van der Waals surface area (Å²) in [6, 6.07) is 6.93. The van der Waals surface area contributed by atoms with Crippen LogP contribution in [0.2, 0.25) is 0 Å². The minimum absolute atomic E-state index is 0.325. The molecule has 17 heavy (non-hydrogen) atoms. The largest absolute Gasteiger partial charge is 0.387 e. The van der Waals surface area contributed by atoms with E-state index in [1.165, 1.54) is 4.31 Å². The molecule has 0 aliphatic heterocycles. The van der Waals surface area contributed by atoms with Crippen LogP contribution >= 0.6 is 11.8 Å². The summed E-state index contributed by atoms with van der Waals surface area (Å²) in [4.78, 5) is 0.325. The molecule has 0 saturated heterocycles. The van der Waals surface area contributed by atoms with Gasteiger partial charge >= 0.3 is 0 Å². The van der Waals surface area contributed by atoms with Crippen molar-refractivity contribution in [2.45, 2.75) is 4.90 Å². The lowest BCUT2D eigenvalue weighted by Crippen LogP contribution is -2.29. The lowest BCUT2D eigenvalue weighted by Gasteiger charge is -2.18. The number of rotatable bonds is 6. The number of para-hydroxylation sites is 1. The van der Waals surface area contributed by atoms with Crippen molar-refractivity contribution in [1.82, 2.24) is 4.31 Å². The zero-order valence-corrected chi connectivity index (χ0v) is 11.9. The molecule has 1 rings (SSSR count). The third-order valence-electron chi connectivity index (χ3n) is 2.45. The summed E-state index contributed by atoms with van der Waals surface area (Å²) < 4.78 is 26.0. The first kappa shape index (κ1) is 14.3. The van der Waals surface area contributed by atoms with Gasteiger partial charge in [0.2, 0.25) is 10.0 Å². The average Bonchev–Trinajstić information content (AvgIpc) is 2.35. The van der Waals surface area contributed by atoms with Crippen LogP contribution in [0.5, 0.6) is 0 Å². The molecule has 0 aromatic heterocycles. The standard InChI is InChI=1S/C11H18N2O2S2/c1-12-10-6-4-5-7-11(10)17(14,15)13(2)8-9-16-3/h4-7,12H,8-9H2,1-3H3. The van der Waals surface area contributed by atoms with Crippen LogP contribution in [0.1, 0.15) is 0 Å². The molecule has 0 radical (unpaired) electrons. The highest BCUT2D eigenvalue weighted by Crippen LogP contribution is 2.23. The Kier molecular flexibility index (Phi) is 5.30. The normalized spacial score (nSPS) is 11.8. The Labute approximate surface area is 107 Å². The van der Waals surface area contributed by atoms with Crippen molar-refractivity contribution in [1.29, 1.82) is 0 Å². The van der Waals surface area contributed by atoms with Gasteiger partial charge < -0.3 is 5.32 Å². The monoisotopic (exact) mass is 274 g/mol. The predicted octanol–water partition coefficient (Wildman–Crippen LogP) is 1.71. The first-order valence-electron chi connectivity index (χ1n) is 5.26. The summed E-state index contributed by atoms with van der Waals surface area (Å²) in [5.74, 6) is 0.789. The van der Waals surface area contributed by atoms with Crippen LogP contribution in [-0.2, 0) is 10.0 Å². The van der Waals surface area contributed by atoms with Gasteiger partial charge in [0, 0.05) is 26.4 Å². The number of benzene rings is 1. The van der Waals surface area contributed by atoms with E-state index in [1.54, 1.807) is 44.1 Å². The highest BCUT2D eigenvalue weighted by molar-refractivity contribution is 7.98. The molecule has 0 atom stereocenters. The topological polar surface area (TPSA) is 49.4 Å². The van der Waals surface area contributed by atoms with Crippen molar-refractivity contribution >= 4 is 27.5 Å². The minimum atomic E-state index is -3.40. The minimum Gasteiger partial charge on any atom is -0.387 e.